The Balaban J connectivity index is 1.94. The molecule has 122 valence electrons. The van der Waals surface area contributed by atoms with Gasteiger partial charge in [-0.1, -0.05) is 19.1 Å². The molecule has 7 heteroatoms. The monoisotopic (exact) mass is 341 g/mol. The summed E-state index contributed by atoms with van der Waals surface area (Å²) in [6, 6.07) is 7.98. The lowest BCUT2D eigenvalue weighted by Crippen LogP contribution is -2.14. The molecule has 0 saturated heterocycles. The minimum absolute atomic E-state index is 0.00821. The predicted molar refractivity (Wildman–Crippen MR) is 91.3 cm³/mol. The lowest BCUT2D eigenvalue weighted by Gasteiger charge is -2.17. The Morgan fingerprint density at radius 2 is 2.21 bits per heavy atom. The number of hydrogen-bond acceptors (Lipinski definition) is 5. The first-order valence-corrected chi connectivity index (χ1v) is 8.42. The fourth-order valence-corrected chi connectivity index (χ4v) is 4.15. The minimum atomic E-state index is -0.582. The molecule has 1 aliphatic carbocycles. The van der Waals surface area contributed by atoms with Crippen molar-refractivity contribution in [1.82, 2.24) is 0 Å². The smallest absolute Gasteiger partial charge is 0.282 e. The van der Waals surface area contributed by atoms with Crippen molar-refractivity contribution in [2.75, 3.05) is 5.32 Å². The molecule has 0 saturated carbocycles. The van der Waals surface area contributed by atoms with Gasteiger partial charge in [0, 0.05) is 10.9 Å². The number of nitrogens with zero attached hydrogens (tertiary/aromatic N) is 2. The Kier molecular flexibility index (Phi) is 4.32. The Morgan fingerprint density at radius 3 is 2.92 bits per heavy atom. The van der Waals surface area contributed by atoms with Gasteiger partial charge in [0.25, 0.3) is 11.6 Å². The van der Waals surface area contributed by atoms with Crippen molar-refractivity contribution in [3.8, 4) is 6.07 Å². The van der Waals surface area contributed by atoms with Gasteiger partial charge in [-0.05, 0) is 36.8 Å². The number of nitro groups is 1. The SMILES string of the molecule is C[C@H]1CCc2sc(NC(=O)c3ccccc3[N+](=O)[O-])c(C#N)c2C1. The van der Waals surface area contributed by atoms with E-state index in [1.165, 1.54) is 29.5 Å². The molecule has 1 aliphatic rings. The number of amides is 1. The van der Waals surface area contributed by atoms with Crippen LogP contribution in [0.4, 0.5) is 10.7 Å². The first kappa shape index (κ1) is 16.1. The van der Waals surface area contributed by atoms with Crippen molar-refractivity contribution in [3.63, 3.8) is 0 Å². The Morgan fingerprint density at radius 1 is 1.46 bits per heavy atom. The van der Waals surface area contributed by atoms with Gasteiger partial charge in [-0.15, -0.1) is 11.3 Å². The lowest BCUT2D eigenvalue weighted by molar-refractivity contribution is -0.385. The first-order chi connectivity index (χ1) is 11.5. The van der Waals surface area contributed by atoms with Gasteiger partial charge in [-0.3, -0.25) is 14.9 Å². The van der Waals surface area contributed by atoms with E-state index in [-0.39, 0.29) is 11.3 Å². The van der Waals surface area contributed by atoms with E-state index in [0.717, 1.165) is 29.7 Å². The number of nitro benzene ring substituents is 1. The number of carbonyl (C=O) groups excluding carboxylic acids is 1. The molecule has 1 N–H and O–H groups in total. The largest absolute Gasteiger partial charge is 0.312 e. The van der Waals surface area contributed by atoms with Crippen molar-refractivity contribution in [1.29, 1.82) is 5.26 Å². The van der Waals surface area contributed by atoms with Gasteiger partial charge < -0.3 is 5.32 Å². The second-order valence-corrected chi connectivity index (χ2v) is 7.00. The summed E-state index contributed by atoms with van der Waals surface area (Å²) in [7, 11) is 0. The molecule has 0 fully saturated rings. The molecule has 0 unspecified atom stereocenters. The summed E-state index contributed by atoms with van der Waals surface area (Å²) in [5.41, 5.74) is 1.25. The van der Waals surface area contributed by atoms with Crippen LogP contribution in [0.15, 0.2) is 24.3 Å². The number of carbonyl (C=O) groups is 1. The molecule has 0 bridgehead atoms. The van der Waals surface area contributed by atoms with Crippen LogP contribution in [-0.4, -0.2) is 10.8 Å². The van der Waals surface area contributed by atoms with Crippen molar-refractivity contribution in [2.45, 2.75) is 26.2 Å². The van der Waals surface area contributed by atoms with Crippen LogP contribution in [0.2, 0.25) is 0 Å². The van der Waals surface area contributed by atoms with Gasteiger partial charge in [-0.25, -0.2) is 0 Å². The molecule has 2 aromatic rings. The molecule has 0 radical (unpaired) electrons. The van der Waals surface area contributed by atoms with E-state index in [9.17, 15) is 20.2 Å². The van der Waals surface area contributed by atoms with Crippen LogP contribution < -0.4 is 5.32 Å². The zero-order valence-electron chi connectivity index (χ0n) is 13.0. The maximum Gasteiger partial charge on any atom is 0.282 e. The molecule has 1 aromatic heterocycles. The molecule has 1 aromatic carbocycles. The van der Waals surface area contributed by atoms with E-state index in [1.807, 2.05) is 0 Å². The summed E-state index contributed by atoms with van der Waals surface area (Å²) in [4.78, 5) is 24.1. The summed E-state index contributed by atoms with van der Waals surface area (Å²) in [6.07, 6.45) is 2.79. The summed E-state index contributed by atoms with van der Waals surface area (Å²) in [5, 5.41) is 23.7. The number of fused-ring (bicyclic) bond motifs is 1. The third-order valence-electron chi connectivity index (χ3n) is 4.19. The second kappa shape index (κ2) is 6.42. The predicted octanol–water partition coefficient (Wildman–Crippen LogP) is 3.91. The molecule has 1 amide bonds. The number of thiophene rings is 1. The highest BCUT2D eigenvalue weighted by Crippen LogP contribution is 2.39. The molecular weight excluding hydrogens is 326 g/mol. The summed E-state index contributed by atoms with van der Waals surface area (Å²) < 4.78 is 0. The summed E-state index contributed by atoms with van der Waals surface area (Å²) in [5.74, 6) is -0.0524. The van der Waals surface area contributed by atoms with Crippen LogP contribution in [0, 0.1) is 27.4 Å². The zero-order chi connectivity index (χ0) is 17.3. The van der Waals surface area contributed by atoms with Crippen LogP contribution in [0.25, 0.3) is 0 Å². The van der Waals surface area contributed by atoms with Gasteiger partial charge in [0.15, 0.2) is 0 Å². The maximum absolute atomic E-state index is 12.5. The van der Waals surface area contributed by atoms with Gasteiger partial charge in [0.05, 0.1) is 10.5 Å². The first-order valence-electron chi connectivity index (χ1n) is 7.60. The fourth-order valence-electron chi connectivity index (χ4n) is 2.96. The van der Waals surface area contributed by atoms with Crippen LogP contribution >= 0.6 is 11.3 Å². The Hall–Kier alpha value is -2.72. The highest BCUT2D eigenvalue weighted by atomic mass is 32.1. The quantitative estimate of drug-likeness (QED) is 0.676. The number of para-hydroxylation sites is 1. The van der Waals surface area contributed by atoms with Crippen molar-refractivity contribution < 1.29 is 9.72 Å². The van der Waals surface area contributed by atoms with E-state index >= 15 is 0 Å². The molecule has 0 spiro atoms. The summed E-state index contributed by atoms with van der Waals surface area (Å²) >= 11 is 1.40. The van der Waals surface area contributed by atoms with Crippen molar-refractivity contribution >= 4 is 27.9 Å². The van der Waals surface area contributed by atoms with E-state index in [4.69, 9.17) is 0 Å². The van der Waals surface area contributed by atoms with E-state index in [0.29, 0.717) is 16.5 Å². The fraction of sp³-hybridized carbons (Fsp3) is 0.294. The topological polar surface area (TPSA) is 96.0 Å². The number of hydrogen-bond donors (Lipinski definition) is 1. The standard InChI is InChI=1S/C17H15N3O3S/c1-10-6-7-15-12(8-10)13(9-18)17(24-15)19-16(21)11-4-2-3-5-14(11)20(22)23/h2-5,10H,6-8H2,1H3,(H,19,21)/t10-/m0/s1. The highest BCUT2D eigenvalue weighted by molar-refractivity contribution is 7.16. The lowest BCUT2D eigenvalue weighted by atomic mass is 9.88. The van der Waals surface area contributed by atoms with Crippen LogP contribution in [0.1, 0.15) is 39.7 Å². The molecule has 1 atom stereocenters. The Labute approximate surface area is 142 Å². The minimum Gasteiger partial charge on any atom is -0.312 e. The summed E-state index contributed by atoms with van der Waals surface area (Å²) in [6.45, 7) is 2.15. The molecule has 0 aliphatic heterocycles. The van der Waals surface area contributed by atoms with Gasteiger partial charge in [-0.2, -0.15) is 5.26 Å². The normalized spacial score (nSPS) is 16.1. The number of nitriles is 1. The maximum atomic E-state index is 12.5. The molecule has 1 heterocycles. The molecule has 3 rings (SSSR count). The number of rotatable bonds is 3. The average Bonchev–Trinajstić information content (AvgIpc) is 2.90. The van der Waals surface area contributed by atoms with Gasteiger partial charge in [0.1, 0.15) is 16.6 Å². The van der Waals surface area contributed by atoms with Crippen LogP contribution in [-0.2, 0) is 12.8 Å². The Bertz CT molecular complexity index is 866. The molecule has 6 nitrogen and oxygen atoms in total. The third kappa shape index (κ3) is 2.88. The second-order valence-electron chi connectivity index (χ2n) is 5.90. The van der Waals surface area contributed by atoms with Gasteiger partial charge >= 0.3 is 0 Å². The van der Waals surface area contributed by atoms with E-state index in [2.05, 4.69) is 18.3 Å². The number of benzene rings is 1. The highest BCUT2D eigenvalue weighted by Gasteiger charge is 2.26. The number of nitrogens with one attached hydrogen (secondary N) is 1. The average molecular weight is 341 g/mol. The number of aryl methyl sites for hydroxylation is 1. The van der Waals surface area contributed by atoms with Crippen molar-refractivity contribution in [2.24, 2.45) is 5.92 Å². The number of anilines is 1. The van der Waals surface area contributed by atoms with E-state index < -0.39 is 10.8 Å². The van der Waals surface area contributed by atoms with Gasteiger partial charge in [0.2, 0.25) is 0 Å². The van der Waals surface area contributed by atoms with Crippen LogP contribution in [0.5, 0.6) is 0 Å². The third-order valence-corrected chi connectivity index (χ3v) is 5.40. The zero-order valence-corrected chi connectivity index (χ0v) is 13.9. The molecule has 24 heavy (non-hydrogen) atoms. The van der Waals surface area contributed by atoms with E-state index in [1.54, 1.807) is 6.07 Å². The van der Waals surface area contributed by atoms with Crippen LogP contribution in [0.3, 0.4) is 0 Å². The molecular formula is C17H15N3O3S. The van der Waals surface area contributed by atoms with Crippen molar-refractivity contribution in [3.05, 3.63) is 55.9 Å².